The van der Waals surface area contributed by atoms with Crippen molar-refractivity contribution in [1.29, 1.82) is 15.8 Å². The number of rotatable bonds is 4. The van der Waals surface area contributed by atoms with E-state index in [1.807, 2.05) is 18.2 Å². The largest absolute Gasteiger partial charge is 0.469 e. The lowest BCUT2D eigenvalue weighted by molar-refractivity contribution is -0.153. The predicted octanol–water partition coefficient (Wildman–Crippen LogP) is 1.37. The van der Waals surface area contributed by atoms with Crippen LogP contribution >= 0.6 is 0 Å². The molecule has 1 aromatic carbocycles. The highest BCUT2D eigenvalue weighted by molar-refractivity contribution is 5.87. The molecule has 0 radical (unpaired) electrons. The van der Waals surface area contributed by atoms with Gasteiger partial charge in [0, 0.05) is 0 Å². The summed E-state index contributed by atoms with van der Waals surface area (Å²) in [5, 5.41) is 27.4. The van der Waals surface area contributed by atoms with Crippen LogP contribution in [0, 0.1) is 39.9 Å². The van der Waals surface area contributed by atoms with Gasteiger partial charge in [-0.25, -0.2) is 0 Å². The molecule has 0 aromatic heterocycles. The molecular weight excluding hydrogens is 298 g/mol. The zero-order valence-electron chi connectivity index (χ0n) is 12.8. The summed E-state index contributed by atoms with van der Waals surface area (Å²) in [4.78, 5) is 23.9. The first-order chi connectivity index (χ1) is 10.9. The highest BCUT2D eigenvalue weighted by Gasteiger charge is 2.35. The standard InChI is InChI=1S/C16H13N3O4/c1-9(15(20)22-2)14(16(21)23-3)13-5-11(7-18)10(6-17)4-12(13)8-19/h4-5,9,14H,1-3H3/t9-,14+/m0/s1. The van der Waals surface area contributed by atoms with E-state index >= 15 is 0 Å². The van der Waals surface area contributed by atoms with Crippen LogP contribution in [0.15, 0.2) is 12.1 Å². The van der Waals surface area contributed by atoms with Crippen LogP contribution in [-0.4, -0.2) is 26.2 Å². The lowest BCUT2D eigenvalue weighted by Crippen LogP contribution is -2.28. The Balaban J connectivity index is 3.63. The summed E-state index contributed by atoms with van der Waals surface area (Å²) >= 11 is 0. The topological polar surface area (TPSA) is 124 Å². The predicted molar refractivity (Wildman–Crippen MR) is 76.5 cm³/mol. The molecule has 1 rings (SSSR count). The molecule has 0 aliphatic heterocycles. The van der Waals surface area contributed by atoms with Gasteiger partial charge in [-0.05, 0) is 17.7 Å². The molecule has 0 amide bonds. The monoisotopic (exact) mass is 311 g/mol. The summed E-state index contributed by atoms with van der Waals surface area (Å²) in [7, 11) is 2.33. The summed E-state index contributed by atoms with van der Waals surface area (Å²) < 4.78 is 9.35. The molecule has 7 nitrogen and oxygen atoms in total. The van der Waals surface area contributed by atoms with Crippen molar-refractivity contribution in [3.63, 3.8) is 0 Å². The number of hydrogen-bond acceptors (Lipinski definition) is 7. The Kier molecular flexibility index (Phi) is 5.83. The third-order valence-electron chi connectivity index (χ3n) is 3.41. The Morgan fingerprint density at radius 1 is 0.913 bits per heavy atom. The number of nitrogens with zero attached hydrogens (tertiary/aromatic N) is 3. The maximum atomic E-state index is 12.1. The molecule has 0 unspecified atom stereocenters. The van der Waals surface area contributed by atoms with Crippen molar-refractivity contribution in [1.82, 2.24) is 0 Å². The second kappa shape index (κ2) is 7.59. The molecule has 0 aliphatic rings. The first-order valence-electron chi connectivity index (χ1n) is 6.49. The van der Waals surface area contributed by atoms with Gasteiger partial charge in [0.25, 0.3) is 0 Å². The maximum absolute atomic E-state index is 12.1. The van der Waals surface area contributed by atoms with Crippen molar-refractivity contribution in [3.05, 3.63) is 34.4 Å². The van der Waals surface area contributed by atoms with Gasteiger partial charge in [0.1, 0.15) is 12.1 Å². The summed E-state index contributed by atoms with van der Waals surface area (Å²) in [5.41, 5.74) is 0.189. The molecule has 7 heteroatoms. The van der Waals surface area contributed by atoms with Crippen LogP contribution < -0.4 is 0 Å². The van der Waals surface area contributed by atoms with Crippen LogP contribution in [0.2, 0.25) is 0 Å². The van der Waals surface area contributed by atoms with Crippen molar-refractivity contribution >= 4 is 11.9 Å². The maximum Gasteiger partial charge on any atom is 0.314 e. The molecule has 0 bridgehead atoms. The number of carbonyl (C=O) groups excluding carboxylic acids is 2. The third kappa shape index (κ3) is 3.45. The molecule has 0 spiro atoms. The summed E-state index contributed by atoms with van der Waals surface area (Å²) in [6, 6.07) is 7.99. The quantitative estimate of drug-likeness (QED) is 0.769. The lowest BCUT2D eigenvalue weighted by atomic mass is 9.83. The summed E-state index contributed by atoms with van der Waals surface area (Å²) in [6.07, 6.45) is 0. The van der Waals surface area contributed by atoms with Crippen LogP contribution in [0.3, 0.4) is 0 Å². The highest BCUT2D eigenvalue weighted by Crippen LogP contribution is 2.31. The summed E-state index contributed by atoms with van der Waals surface area (Å²) in [5.74, 6) is -3.46. The van der Waals surface area contributed by atoms with Crippen LogP contribution in [0.4, 0.5) is 0 Å². The van der Waals surface area contributed by atoms with E-state index in [1.165, 1.54) is 26.2 Å². The van der Waals surface area contributed by atoms with Gasteiger partial charge >= 0.3 is 11.9 Å². The number of methoxy groups -OCH3 is 2. The third-order valence-corrected chi connectivity index (χ3v) is 3.41. The van der Waals surface area contributed by atoms with E-state index in [0.717, 1.165) is 7.11 Å². The fourth-order valence-corrected chi connectivity index (χ4v) is 2.20. The molecule has 1 aromatic rings. The van der Waals surface area contributed by atoms with E-state index in [-0.39, 0.29) is 22.3 Å². The molecule has 0 fully saturated rings. The Morgan fingerprint density at radius 2 is 1.39 bits per heavy atom. The fourth-order valence-electron chi connectivity index (χ4n) is 2.20. The highest BCUT2D eigenvalue weighted by atomic mass is 16.5. The van der Waals surface area contributed by atoms with Gasteiger partial charge in [0.05, 0.1) is 48.8 Å². The zero-order valence-corrected chi connectivity index (χ0v) is 12.8. The molecule has 23 heavy (non-hydrogen) atoms. The molecule has 0 N–H and O–H groups in total. The van der Waals surface area contributed by atoms with Gasteiger partial charge in [-0.15, -0.1) is 0 Å². The van der Waals surface area contributed by atoms with Crippen LogP contribution in [0.1, 0.15) is 35.1 Å². The normalized spacial score (nSPS) is 12.0. The van der Waals surface area contributed by atoms with E-state index in [1.54, 1.807) is 0 Å². The van der Waals surface area contributed by atoms with E-state index in [0.29, 0.717) is 0 Å². The zero-order chi connectivity index (χ0) is 17.6. The molecule has 116 valence electrons. The van der Waals surface area contributed by atoms with Gasteiger partial charge < -0.3 is 9.47 Å². The van der Waals surface area contributed by atoms with E-state index in [2.05, 4.69) is 4.74 Å². The van der Waals surface area contributed by atoms with Crippen molar-refractivity contribution < 1.29 is 19.1 Å². The van der Waals surface area contributed by atoms with E-state index in [9.17, 15) is 14.9 Å². The number of esters is 2. The number of nitriles is 3. The average Bonchev–Trinajstić information content (AvgIpc) is 2.59. The van der Waals surface area contributed by atoms with Crippen LogP contribution in [0.5, 0.6) is 0 Å². The summed E-state index contributed by atoms with van der Waals surface area (Å²) in [6.45, 7) is 1.46. The van der Waals surface area contributed by atoms with Gasteiger partial charge in [-0.3, -0.25) is 9.59 Å². The van der Waals surface area contributed by atoms with Crippen LogP contribution in [-0.2, 0) is 19.1 Å². The minimum absolute atomic E-state index is 0.00692. The number of ether oxygens (including phenoxy) is 2. The Hall–Kier alpha value is -3.37. The molecule has 0 saturated carbocycles. The molecule has 0 aliphatic carbocycles. The fraction of sp³-hybridized carbons (Fsp3) is 0.312. The van der Waals surface area contributed by atoms with Crippen molar-refractivity contribution in [2.75, 3.05) is 14.2 Å². The second-order valence-corrected chi connectivity index (χ2v) is 4.63. The number of benzene rings is 1. The number of hydrogen-bond donors (Lipinski definition) is 0. The van der Waals surface area contributed by atoms with Gasteiger partial charge in [0.2, 0.25) is 0 Å². The van der Waals surface area contributed by atoms with Gasteiger partial charge in [-0.2, -0.15) is 15.8 Å². The second-order valence-electron chi connectivity index (χ2n) is 4.63. The van der Waals surface area contributed by atoms with Gasteiger partial charge in [-0.1, -0.05) is 6.92 Å². The minimum atomic E-state index is -1.12. The minimum Gasteiger partial charge on any atom is -0.469 e. The van der Waals surface area contributed by atoms with Crippen molar-refractivity contribution in [2.24, 2.45) is 5.92 Å². The first-order valence-corrected chi connectivity index (χ1v) is 6.49. The molecule has 2 atom stereocenters. The van der Waals surface area contributed by atoms with E-state index in [4.69, 9.17) is 15.3 Å². The van der Waals surface area contributed by atoms with Crippen molar-refractivity contribution in [2.45, 2.75) is 12.8 Å². The first kappa shape index (κ1) is 17.7. The molecule has 0 saturated heterocycles. The molecule has 0 heterocycles. The average molecular weight is 311 g/mol. The number of carbonyl (C=O) groups is 2. The Bertz CT molecular complexity index is 765. The Labute approximate surface area is 133 Å². The van der Waals surface area contributed by atoms with Crippen molar-refractivity contribution in [3.8, 4) is 18.2 Å². The van der Waals surface area contributed by atoms with Crippen LogP contribution in [0.25, 0.3) is 0 Å². The van der Waals surface area contributed by atoms with Gasteiger partial charge in [0.15, 0.2) is 0 Å². The van der Waals surface area contributed by atoms with E-state index < -0.39 is 23.8 Å². The SMILES string of the molecule is COC(=O)[C@@H](C)[C@@H](C(=O)OC)c1cc(C#N)c(C#N)cc1C#N. The smallest absolute Gasteiger partial charge is 0.314 e. The lowest BCUT2D eigenvalue weighted by Gasteiger charge is -2.21. The Morgan fingerprint density at radius 3 is 1.83 bits per heavy atom. The molecular formula is C16H13N3O4.